The van der Waals surface area contributed by atoms with Crippen LogP contribution in [0.5, 0.6) is 0 Å². The third kappa shape index (κ3) is 4.06. The van der Waals surface area contributed by atoms with Gasteiger partial charge in [0.2, 0.25) is 0 Å². The summed E-state index contributed by atoms with van der Waals surface area (Å²) in [5, 5.41) is 0. The minimum absolute atomic E-state index is 0.242. The number of pyridine rings is 2. The van der Waals surface area contributed by atoms with E-state index < -0.39 is 9.84 Å². The first kappa shape index (κ1) is 23.3. The molecule has 5 aromatic rings. The topological polar surface area (TPSA) is 130 Å². The van der Waals surface area contributed by atoms with Crippen LogP contribution in [0.4, 0.5) is 5.82 Å². The molecule has 8 nitrogen and oxygen atoms in total. The Morgan fingerprint density at radius 3 is 2.41 bits per heavy atom. The molecule has 1 aliphatic rings. The molecular weight excluding hydrogens is 484 g/mol. The highest BCUT2D eigenvalue weighted by Crippen LogP contribution is 2.39. The largest absolute Gasteiger partial charge is 0.383 e. The van der Waals surface area contributed by atoms with E-state index in [-0.39, 0.29) is 10.4 Å². The zero-order valence-electron chi connectivity index (χ0n) is 20.3. The van der Waals surface area contributed by atoms with Crippen molar-refractivity contribution < 1.29 is 8.42 Å². The monoisotopic (exact) mass is 510 g/mol. The second-order valence-electron chi connectivity index (χ2n) is 9.60. The molecule has 37 heavy (non-hydrogen) atoms. The van der Waals surface area contributed by atoms with E-state index in [0.717, 1.165) is 30.5 Å². The summed E-state index contributed by atoms with van der Waals surface area (Å²) in [6.07, 6.45) is 5.94. The van der Waals surface area contributed by atoms with Crippen LogP contribution in [0.1, 0.15) is 24.8 Å². The first-order valence-electron chi connectivity index (χ1n) is 12.0. The Morgan fingerprint density at radius 1 is 0.946 bits per heavy atom. The molecule has 4 N–H and O–H groups in total. The van der Waals surface area contributed by atoms with E-state index in [1.54, 1.807) is 24.4 Å². The van der Waals surface area contributed by atoms with Gasteiger partial charge in [0, 0.05) is 29.2 Å². The van der Waals surface area contributed by atoms with Crippen molar-refractivity contribution in [2.24, 2.45) is 5.73 Å². The van der Waals surface area contributed by atoms with Crippen LogP contribution in [0.15, 0.2) is 83.9 Å². The number of fused-ring (bicyclic) bond motifs is 1. The Labute approximate surface area is 214 Å². The maximum absolute atomic E-state index is 12.1. The number of anilines is 1. The summed E-state index contributed by atoms with van der Waals surface area (Å²) in [5.41, 5.74) is 17.8. The number of nitrogens with two attached hydrogens (primary N) is 2. The number of rotatable bonds is 5. The van der Waals surface area contributed by atoms with Gasteiger partial charge in [-0.25, -0.2) is 23.4 Å². The summed E-state index contributed by atoms with van der Waals surface area (Å²) < 4.78 is 26.2. The van der Waals surface area contributed by atoms with Crippen LogP contribution >= 0.6 is 0 Å². The predicted octanol–water partition coefficient (Wildman–Crippen LogP) is 4.47. The van der Waals surface area contributed by atoms with Gasteiger partial charge < -0.3 is 11.5 Å². The molecule has 6 rings (SSSR count). The smallest absolute Gasteiger partial charge is 0.175 e. The van der Waals surface area contributed by atoms with Gasteiger partial charge >= 0.3 is 0 Å². The zero-order chi connectivity index (χ0) is 25.8. The molecule has 0 atom stereocenters. The zero-order valence-corrected chi connectivity index (χ0v) is 21.1. The molecule has 0 bridgehead atoms. The van der Waals surface area contributed by atoms with Crippen molar-refractivity contribution in [1.29, 1.82) is 0 Å². The summed E-state index contributed by atoms with van der Waals surface area (Å²) in [6.45, 7) is 0. The molecule has 1 aliphatic carbocycles. The molecule has 3 heterocycles. The van der Waals surface area contributed by atoms with E-state index in [1.165, 1.54) is 6.26 Å². The number of hydrogen-bond acceptors (Lipinski definition) is 7. The van der Waals surface area contributed by atoms with Crippen LogP contribution in [0.2, 0.25) is 0 Å². The first-order valence-corrected chi connectivity index (χ1v) is 13.9. The molecule has 0 spiro atoms. The van der Waals surface area contributed by atoms with E-state index in [2.05, 4.69) is 17.1 Å². The summed E-state index contributed by atoms with van der Waals surface area (Å²) in [6, 6.07) is 22.4. The lowest BCUT2D eigenvalue weighted by Gasteiger charge is -2.38. The Balaban J connectivity index is 1.56. The van der Waals surface area contributed by atoms with Crippen LogP contribution in [0, 0.1) is 0 Å². The minimum atomic E-state index is -3.35. The average Bonchev–Trinajstić information content (AvgIpc) is 3.26. The molecule has 0 amide bonds. The summed E-state index contributed by atoms with van der Waals surface area (Å²) in [5.74, 6) is 0.987. The summed E-state index contributed by atoms with van der Waals surface area (Å²) in [7, 11) is -3.35. The predicted molar refractivity (Wildman–Crippen MR) is 145 cm³/mol. The SMILES string of the molecule is CS(=O)(=O)c1cccc(-c2ccc3nc(-c4cccnc4N)n(-c4ccc(C5(N)CCC5)cc4)c3n2)c1. The van der Waals surface area contributed by atoms with Gasteiger partial charge in [-0.2, -0.15) is 0 Å². The lowest BCUT2D eigenvalue weighted by atomic mass is 9.73. The lowest BCUT2D eigenvalue weighted by molar-refractivity contribution is 0.253. The van der Waals surface area contributed by atoms with Gasteiger partial charge in [0.15, 0.2) is 21.3 Å². The van der Waals surface area contributed by atoms with Crippen molar-refractivity contribution in [2.75, 3.05) is 12.0 Å². The number of benzene rings is 2. The molecule has 0 saturated heterocycles. The quantitative estimate of drug-likeness (QED) is 0.357. The maximum atomic E-state index is 12.1. The van der Waals surface area contributed by atoms with Crippen LogP contribution in [0.3, 0.4) is 0 Å². The minimum Gasteiger partial charge on any atom is -0.383 e. The number of aromatic nitrogens is 4. The van der Waals surface area contributed by atoms with Crippen LogP contribution in [-0.4, -0.2) is 34.2 Å². The molecule has 2 aromatic carbocycles. The van der Waals surface area contributed by atoms with Gasteiger partial charge in [-0.15, -0.1) is 0 Å². The normalized spacial score (nSPS) is 15.0. The van der Waals surface area contributed by atoms with Gasteiger partial charge in [-0.05, 0) is 73.4 Å². The van der Waals surface area contributed by atoms with E-state index >= 15 is 0 Å². The summed E-state index contributed by atoms with van der Waals surface area (Å²) in [4.78, 5) is 14.3. The second-order valence-corrected chi connectivity index (χ2v) is 11.6. The molecule has 186 valence electrons. The first-order chi connectivity index (χ1) is 17.7. The van der Waals surface area contributed by atoms with E-state index in [4.69, 9.17) is 21.4 Å². The molecular formula is C28H26N6O2S. The molecule has 1 fully saturated rings. The Kier molecular flexibility index (Phi) is 5.36. The van der Waals surface area contributed by atoms with E-state index in [1.807, 2.05) is 47.0 Å². The Morgan fingerprint density at radius 2 is 1.73 bits per heavy atom. The van der Waals surface area contributed by atoms with Gasteiger partial charge in [-0.1, -0.05) is 24.3 Å². The highest BCUT2D eigenvalue weighted by Gasteiger charge is 2.34. The second kappa shape index (κ2) is 8.50. The Hall–Kier alpha value is -4.08. The van der Waals surface area contributed by atoms with Gasteiger partial charge in [-0.3, -0.25) is 4.57 Å². The number of sulfone groups is 1. The molecule has 0 unspecified atom stereocenters. The highest BCUT2D eigenvalue weighted by molar-refractivity contribution is 7.90. The van der Waals surface area contributed by atoms with Crippen molar-refractivity contribution in [3.05, 3.63) is 84.6 Å². The van der Waals surface area contributed by atoms with E-state index in [0.29, 0.717) is 39.6 Å². The maximum Gasteiger partial charge on any atom is 0.175 e. The summed E-state index contributed by atoms with van der Waals surface area (Å²) >= 11 is 0. The van der Waals surface area contributed by atoms with Gasteiger partial charge in [0.05, 0.1) is 16.2 Å². The van der Waals surface area contributed by atoms with Crippen LogP contribution in [0.25, 0.3) is 39.5 Å². The molecule has 9 heteroatoms. The number of nitrogens with zero attached hydrogens (tertiary/aromatic N) is 4. The number of imidazole rings is 1. The van der Waals surface area contributed by atoms with Gasteiger partial charge in [0.1, 0.15) is 11.3 Å². The van der Waals surface area contributed by atoms with Crippen molar-refractivity contribution in [1.82, 2.24) is 19.5 Å². The number of nitrogen functional groups attached to an aromatic ring is 1. The molecule has 0 radical (unpaired) electrons. The van der Waals surface area contributed by atoms with Crippen LogP contribution < -0.4 is 11.5 Å². The highest BCUT2D eigenvalue weighted by atomic mass is 32.2. The fourth-order valence-corrected chi connectivity index (χ4v) is 5.49. The lowest BCUT2D eigenvalue weighted by Crippen LogP contribution is -2.43. The standard InChI is InChI=1S/C28H26N6O2S/c1-37(35,36)21-6-2-5-18(17-21)23-12-13-24-27(32-23)34(26(33-24)22-7-3-16-31-25(22)29)20-10-8-19(9-11-20)28(30)14-4-15-28/h2-3,5-13,16-17H,4,14-15,30H2,1H3,(H2,29,31). The van der Waals surface area contributed by atoms with Gasteiger partial charge in [0.25, 0.3) is 0 Å². The van der Waals surface area contributed by atoms with Crippen molar-refractivity contribution in [3.63, 3.8) is 0 Å². The Bertz CT molecular complexity index is 1760. The molecule has 1 saturated carbocycles. The molecule has 0 aliphatic heterocycles. The van der Waals surface area contributed by atoms with Crippen molar-refractivity contribution >= 4 is 26.8 Å². The number of hydrogen-bond donors (Lipinski definition) is 2. The van der Waals surface area contributed by atoms with Crippen LogP contribution in [-0.2, 0) is 15.4 Å². The molecule has 3 aromatic heterocycles. The van der Waals surface area contributed by atoms with Crippen molar-refractivity contribution in [3.8, 4) is 28.3 Å². The average molecular weight is 511 g/mol. The van der Waals surface area contributed by atoms with Crippen molar-refractivity contribution in [2.45, 2.75) is 29.7 Å². The third-order valence-electron chi connectivity index (χ3n) is 7.09. The third-order valence-corrected chi connectivity index (χ3v) is 8.20. The fraction of sp³-hybridized carbons (Fsp3) is 0.179. The fourth-order valence-electron chi connectivity index (χ4n) is 4.82. The van der Waals surface area contributed by atoms with E-state index in [9.17, 15) is 8.42 Å².